The molecule has 114 valence electrons. The summed E-state index contributed by atoms with van der Waals surface area (Å²) >= 11 is 1.70. The van der Waals surface area contributed by atoms with Crippen molar-refractivity contribution >= 4 is 11.3 Å². The van der Waals surface area contributed by atoms with Crippen molar-refractivity contribution in [2.24, 2.45) is 0 Å². The highest BCUT2D eigenvalue weighted by molar-refractivity contribution is 7.09. The molecule has 0 aliphatic heterocycles. The summed E-state index contributed by atoms with van der Waals surface area (Å²) in [4.78, 5) is 4.55. The molecular formula is C17H24N2OS. The Bertz CT molecular complexity index is 553. The van der Waals surface area contributed by atoms with Gasteiger partial charge in [-0.1, -0.05) is 39.0 Å². The van der Waals surface area contributed by atoms with Gasteiger partial charge in [0.1, 0.15) is 12.4 Å². The van der Waals surface area contributed by atoms with Crippen molar-refractivity contribution in [1.29, 1.82) is 0 Å². The van der Waals surface area contributed by atoms with Crippen LogP contribution in [0.25, 0.3) is 0 Å². The molecule has 2 rings (SSSR count). The number of thiazole rings is 1. The van der Waals surface area contributed by atoms with Gasteiger partial charge in [0.2, 0.25) is 0 Å². The zero-order chi connectivity index (χ0) is 15.1. The summed E-state index contributed by atoms with van der Waals surface area (Å²) in [6.07, 6.45) is 2.03. The van der Waals surface area contributed by atoms with E-state index in [0.29, 0.717) is 12.6 Å². The minimum Gasteiger partial charge on any atom is -0.487 e. The number of aryl methyl sites for hydroxylation is 1. The number of rotatable bonds is 8. The van der Waals surface area contributed by atoms with Crippen LogP contribution in [0.1, 0.15) is 49.5 Å². The monoisotopic (exact) mass is 304 g/mol. The van der Waals surface area contributed by atoms with E-state index in [2.05, 4.69) is 48.6 Å². The molecule has 1 atom stereocenters. The first kappa shape index (κ1) is 16.0. The summed E-state index contributed by atoms with van der Waals surface area (Å²) < 4.78 is 6.01. The third-order valence-electron chi connectivity index (χ3n) is 3.43. The molecule has 1 N–H and O–H groups in total. The molecule has 0 saturated heterocycles. The average molecular weight is 304 g/mol. The highest BCUT2D eigenvalue weighted by Crippen LogP contribution is 2.27. The predicted molar refractivity (Wildman–Crippen MR) is 89.0 cm³/mol. The smallest absolute Gasteiger partial charge is 0.131 e. The lowest BCUT2D eigenvalue weighted by Crippen LogP contribution is -2.20. The maximum atomic E-state index is 6.01. The molecule has 1 heterocycles. The number of aromatic nitrogens is 1. The molecular weight excluding hydrogens is 280 g/mol. The molecule has 1 aromatic heterocycles. The van der Waals surface area contributed by atoms with Crippen molar-refractivity contribution < 1.29 is 4.74 Å². The van der Waals surface area contributed by atoms with E-state index >= 15 is 0 Å². The summed E-state index contributed by atoms with van der Waals surface area (Å²) in [7, 11) is 0. The summed E-state index contributed by atoms with van der Waals surface area (Å²) in [6, 6.07) is 8.62. The van der Waals surface area contributed by atoms with Gasteiger partial charge in [-0.3, -0.25) is 0 Å². The fraction of sp³-hybridized carbons (Fsp3) is 0.471. The van der Waals surface area contributed by atoms with Crippen LogP contribution in [0, 0.1) is 0 Å². The first-order valence-corrected chi connectivity index (χ1v) is 8.54. The molecule has 0 aliphatic carbocycles. The first-order chi connectivity index (χ1) is 10.3. The van der Waals surface area contributed by atoms with Gasteiger partial charge in [-0.2, -0.15) is 0 Å². The van der Waals surface area contributed by atoms with Crippen LogP contribution in [-0.2, 0) is 13.0 Å². The highest BCUT2D eigenvalue weighted by Gasteiger charge is 2.13. The van der Waals surface area contributed by atoms with E-state index in [0.717, 1.165) is 30.8 Å². The van der Waals surface area contributed by atoms with Crippen LogP contribution in [-0.4, -0.2) is 11.5 Å². The number of benzene rings is 1. The molecule has 2 aromatic rings. The zero-order valence-electron chi connectivity index (χ0n) is 13.1. The Morgan fingerprint density at radius 3 is 2.71 bits per heavy atom. The molecule has 0 fully saturated rings. The summed E-state index contributed by atoms with van der Waals surface area (Å²) in [6.45, 7) is 7.95. The van der Waals surface area contributed by atoms with Crippen LogP contribution in [0.4, 0.5) is 0 Å². The van der Waals surface area contributed by atoms with E-state index < -0.39 is 0 Å². The van der Waals surface area contributed by atoms with E-state index in [1.54, 1.807) is 11.3 Å². The number of nitrogens with zero attached hydrogens (tertiary/aromatic N) is 1. The lowest BCUT2D eigenvalue weighted by Gasteiger charge is -2.19. The van der Waals surface area contributed by atoms with Gasteiger partial charge in [0.25, 0.3) is 0 Å². The van der Waals surface area contributed by atoms with Crippen molar-refractivity contribution in [1.82, 2.24) is 10.3 Å². The van der Waals surface area contributed by atoms with Crippen LogP contribution in [0.15, 0.2) is 29.6 Å². The molecule has 4 heteroatoms. The van der Waals surface area contributed by atoms with E-state index in [1.807, 2.05) is 12.1 Å². The second-order valence-electron chi connectivity index (χ2n) is 4.93. The lowest BCUT2D eigenvalue weighted by atomic mass is 10.0. The molecule has 0 amide bonds. The average Bonchev–Trinajstić information content (AvgIpc) is 2.99. The van der Waals surface area contributed by atoms with E-state index in [9.17, 15) is 0 Å². The van der Waals surface area contributed by atoms with Crippen LogP contribution in [0.3, 0.4) is 0 Å². The Labute approximate surface area is 131 Å². The van der Waals surface area contributed by atoms with Gasteiger partial charge >= 0.3 is 0 Å². The number of hydrogen-bond donors (Lipinski definition) is 1. The molecule has 0 radical (unpaired) electrons. The zero-order valence-corrected chi connectivity index (χ0v) is 13.9. The lowest BCUT2D eigenvalue weighted by molar-refractivity contribution is 0.294. The summed E-state index contributed by atoms with van der Waals surface area (Å²) in [5.74, 6) is 0.955. The van der Waals surface area contributed by atoms with Crippen molar-refractivity contribution in [2.45, 2.75) is 46.3 Å². The molecule has 21 heavy (non-hydrogen) atoms. The van der Waals surface area contributed by atoms with E-state index in [4.69, 9.17) is 4.74 Å². The fourth-order valence-electron chi connectivity index (χ4n) is 2.35. The van der Waals surface area contributed by atoms with Gasteiger partial charge in [-0.25, -0.2) is 4.98 Å². The van der Waals surface area contributed by atoms with Crippen molar-refractivity contribution in [3.05, 3.63) is 45.9 Å². The van der Waals surface area contributed by atoms with Crippen molar-refractivity contribution in [3.63, 3.8) is 0 Å². The minimum absolute atomic E-state index is 0.341. The molecule has 1 unspecified atom stereocenters. The number of hydrogen-bond acceptors (Lipinski definition) is 4. The van der Waals surface area contributed by atoms with Crippen LogP contribution >= 0.6 is 11.3 Å². The molecule has 0 spiro atoms. The standard InChI is InChI=1S/C17H24N2OS/c1-4-15(18-6-3)14-9-7-8-10-16(14)20-11-13-12-21-17(5-2)19-13/h7-10,12,15,18H,4-6,11H2,1-3H3. The van der Waals surface area contributed by atoms with Gasteiger partial charge in [0.15, 0.2) is 0 Å². The van der Waals surface area contributed by atoms with Gasteiger partial charge in [0, 0.05) is 17.0 Å². The maximum absolute atomic E-state index is 6.01. The van der Waals surface area contributed by atoms with Crippen LogP contribution in [0.5, 0.6) is 5.75 Å². The molecule has 1 aromatic carbocycles. The summed E-state index contributed by atoms with van der Waals surface area (Å²) in [5, 5.41) is 6.76. The number of nitrogens with one attached hydrogen (secondary N) is 1. The molecule has 0 aliphatic rings. The largest absolute Gasteiger partial charge is 0.487 e. The quantitative estimate of drug-likeness (QED) is 0.787. The normalized spacial score (nSPS) is 12.3. The minimum atomic E-state index is 0.341. The van der Waals surface area contributed by atoms with E-state index in [-0.39, 0.29) is 0 Å². The second-order valence-corrected chi connectivity index (χ2v) is 5.87. The Hall–Kier alpha value is -1.39. The van der Waals surface area contributed by atoms with Gasteiger partial charge < -0.3 is 10.1 Å². The SMILES string of the molecule is CCNC(CC)c1ccccc1OCc1csc(CC)n1. The van der Waals surface area contributed by atoms with Crippen LogP contribution < -0.4 is 10.1 Å². The first-order valence-electron chi connectivity index (χ1n) is 7.66. The molecule has 3 nitrogen and oxygen atoms in total. The fourth-order valence-corrected chi connectivity index (χ4v) is 3.08. The molecule has 0 bridgehead atoms. The topological polar surface area (TPSA) is 34.1 Å². The van der Waals surface area contributed by atoms with E-state index in [1.165, 1.54) is 10.6 Å². The Morgan fingerprint density at radius 2 is 2.05 bits per heavy atom. The third kappa shape index (κ3) is 4.29. The van der Waals surface area contributed by atoms with Gasteiger partial charge in [-0.05, 0) is 25.5 Å². The van der Waals surface area contributed by atoms with Crippen molar-refractivity contribution in [2.75, 3.05) is 6.54 Å². The van der Waals surface area contributed by atoms with Gasteiger partial charge in [0.05, 0.1) is 10.7 Å². The number of ether oxygens (including phenoxy) is 1. The Balaban J connectivity index is 2.08. The van der Waals surface area contributed by atoms with Crippen molar-refractivity contribution in [3.8, 4) is 5.75 Å². The van der Waals surface area contributed by atoms with Crippen LogP contribution in [0.2, 0.25) is 0 Å². The summed E-state index contributed by atoms with van der Waals surface area (Å²) in [5.41, 5.74) is 2.25. The Morgan fingerprint density at radius 1 is 1.24 bits per heavy atom. The highest BCUT2D eigenvalue weighted by atomic mass is 32.1. The number of para-hydroxylation sites is 1. The third-order valence-corrected chi connectivity index (χ3v) is 4.47. The predicted octanol–water partition coefficient (Wildman–Crippen LogP) is 4.35. The second kappa shape index (κ2) is 8.15. The van der Waals surface area contributed by atoms with Gasteiger partial charge in [-0.15, -0.1) is 11.3 Å². The maximum Gasteiger partial charge on any atom is 0.131 e. The Kier molecular flexibility index (Phi) is 6.21. The molecule has 0 saturated carbocycles.